The van der Waals surface area contributed by atoms with Crippen LogP contribution >= 0.6 is 12.2 Å². The van der Waals surface area contributed by atoms with Crippen LogP contribution in [-0.2, 0) is 0 Å². The predicted molar refractivity (Wildman–Crippen MR) is 129 cm³/mol. The zero-order chi connectivity index (χ0) is 23.5. The second kappa shape index (κ2) is 9.17. The number of H-pyrrole nitrogens is 1. The van der Waals surface area contributed by atoms with Crippen LogP contribution in [0.2, 0.25) is 0 Å². The second-order valence-corrected chi connectivity index (χ2v) is 7.41. The minimum atomic E-state index is -0.343. The van der Waals surface area contributed by atoms with E-state index in [1.54, 1.807) is 54.6 Å². The zero-order valence-corrected chi connectivity index (χ0v) is 19.0. The number of nitrogens with zero attached hydrogens (tertiary/aromatic N) is 1. The number of carbonyl (C=O) groups is 1. The number of hydrogen-bond donors (Lipinski definition) is 2. The zero-order valence-electron chi connectivity index (χ0n) is 18.2. The summed E-state index contributed by atoms with van der Waals surface area (Å²) in [5.41, 5.74) is 1.56. The smallest absolute Gasteiger partial charge is 0.266 e. The molecule has 168 valence electrons. The normalized spacial score (nSPS) is 10.6. The van der Waals surface area contributed by atoms with Gasteiger partial charge in [0.05, 0.1) is 43.6 Å². The average molecular weight is 464 g/mol. The second-order valence-electron chi connectivity index (χ2n) is 7.02. The maximum atomic E-state index is 13.2. The van der Waals surface area contributed by atoms with Gasteiger partial charge in [0.15, 0.2) is 16.3 Å². The largest absolute Gasteiger partial charge is 0.495 e. The fourth-order valence-corrected chi connectivity index (χ4v) is 3.80. The van der Waals surface area contributed by atoms with Crippen molar-refractivity contribution in [2.24, 2.45) is 0 Å². The van der Waals surface area contributed by atoms with Gasteiger partial charge < -0.3 is 24.5 Å². The van der Waals surface area contributed by atoms with E-state index < -0.39 is 0 Å². The van der Waals surface area contributed by atoms with Crippen molar-refractivity contribution >= 4 is 34.7 Å². The highest BCUT2D eigenvalue weighted by Gasteiger charge is 2.14. The summed E-state index contributed by atoms with van der Waals surface area (Å²) < 4.78 is 17.4. The first kappa shape index (κ1) is 22.1. The Morgan fingerprint density at radius 2 is 1.64 bits per heavy atom. The van der Waals surface area contributed by atoms with E-state index in [2.05, 4.69) is 10.3 Å². The fraction of sp³-hybridized carbons (Fsp3) is 0.125. The van der Waals surface area contributed by atoms with Crippen LogP contribution in [0, 0.1) is 4.77 Å². The monoisotopic (exact) mass is 463 g/mol. The van der Waals surface area contributed by atoms with Crippen molar-refractivity contribution in [1.82, 2.24) is 9.55 Å². The third kappa shape index (κ3) is 4.18. The van der Waals surface area contributed by atoms with E-state index in [-0.39, 0.29) is 16.2 Å². The van der Waals surface area contributed by atoms with Gasteiger partial charge in [0.25, 0.3) is 11.5 Å². The molecule has 3 aromatic carbocycles. The molecule has 0 aliphatic carbocycles. The van der Waals surface area contributed by atoms with Gasteiger partial charge in [0.1, 0.15) is 5.75 Å². The summed E-state index contributed by atoms with van der Waals surface area (Å²) in [6.07, 6.45) is 0. The number of hydrogen-bond acceptors (Lipinski definition) is 6. The Morgan fingerprint density at radius 3 is 2.36 bits per heavy atom. The molecule has 1 heterocycles. The van der Waals surface area contributed by atoms with Crippen LogP contribution in [0.15, 0.2) is 65.5 Å². The van der Waals surface area contributed by atoms with Gasteiger partial charge in [-0.05, 0) is 54.7 Å². The predicted octanol–water partition coefficient (Wildman–Crippen LogP) is 4.33. The molecule has 0 spiro atoms. The Labute approximate surface area is 194 Å². The quantitative estimate of drug-likeness (QED) is 0.414. The first-order valence-electron chi connectivity index (χ1n) is 9.92. The fourth-order valence-electron chi connectivity index (χ4n) is 3.50. The topological polar surface area (TPSA) is 94.6 Å². The summed E-state index contributed by atoms with van der Waals surface area (Å²) in [6, 6.07) is 17.0. The number of para-hydroxylation sites is 2. The Hall–Kier alpha value is -4.11. The number of anilines is 1. The van der Waals surface area contributed by atoms with Gasteiger partial charge in [-0.15, -0.1) is 0 Å². The van der Waals surface area contributed by atoms with E-state index in [0.717, 1.165) is 0 Å². The first-order valence-corrected chi connectivity index (χ1v) is 10.3. The van der Waals surface area contributed by atoms with E-state index in [1.165, 1.54) is 25.9 Å². The minimum Gasteiger partial charge on any atom is -0.495 e. The minimum absolute atomic E-state index is 0.182. The molecule has 8 nitrogen and oxygen atoms in total. The van der Waals surface area contributed by atoms with Crippen LogP contribution < -0.4 is 25.1 Å². The van der Waals surface area contributed by atoms with Crippen molar-refractivity contribution in [3.63, 3.8) is 0 Å². The third-order valence-corrected chi connectivity index (χ3v) is 5.43. The molecule has 0 atom stereocenters. The van der Waals surface area contributed by atoms with E-state index in [0.29, 0.717) is 45.1 Å². The lowest BCUT2D eigenvalue weighted by Gasteiger charge is -2.13. The Bertz CT molecular complexity index is 1480. The average Bonchev–Trinajstić information content (AvgIpc) is 2.83. The molecule has 2 N–H and O–H groups in total. The summed E-state index contributed by atoms with van der Waals surface area (Å²) in [7, 11) is 4.58. The highest BCUT2D eigenvalue weighted by molar-refractivity contribution is 7.71. The maximum absolute atomic E-state index is 13.2. The van der Waals surface area contributed by atoms with Crippen LogP contribution in [0.25, 0.3) is 16.6 Å². The maximum Gasteiger partial charge on any atom is 0.266 e. The Kier molecular flexibility index (Phi) is 6.14. The summed E-state index contributed by atoms with van der Waals surface area (Å²) in [4.78, 5) is 29.1. The Morgan fingerprint density at radius 1 is 0.909 bits per heavy atom. The van der Waals surface area contributed by atoms with Crippen molar-refractivity contribution in [3.8, 4) is 22.9 Å². The van der Waals surface area contributed by atoms with Gasteiger partial charge in [0, 0.05) is 11.6 Å². The van der Waals surface area contributed by atoms with Crippen LogP contribution in [0.4, 0.5) is 5.69 Å². The standard InChI is InChI=1S/C24H21N3O5S/c1-30-19-7-5-4-6-17(19)25-22(28)14-8-10-16-18(12-14)26-24(33)27(23(16)29)15-9-11-20(31-2)21(13-15)32-3/h4-13H,1-3H3,(H,25,28)(H,26,33). The summed E-state index contributed by atoms with van der Waals surface area (Å²) >= 11 is 5.45. The Balaban J connectivity index is 1.74. The number of ether oxygens (including phenoxy) is 3. The van der Waals surface area contributed by atoms with Crippen molar-refractivity contribution in [1.29, 1.82) is 0 Å². The number of aromatic nitrogens is 2. The van der Waals surface area contributed by atoms with Crippen molar-refractivity contribution in [3.05, 3.63) is 81.4 Å². The van der Waals surface area contributed by atoms with Crippen LogP contribution in [0.5, 0.6) is 17.2 Å². The lowest BCUT2D eigenvalue weighted by Crippen LogP contribution is -2.21. The van der Waals surface area contributed by atoms with Gasteiger partial charge >= 0.3 is 0 Å². The summed E-state index contributed by atoms with van der Waals surface area (Å²) in [5, 5.41) is 3.20. The molecule has 0 bridgehead atoms. The molecule has 0 aliphatic rings. The molecule has 9 heteroatoms. The molecule has 4 aromatic rings. The van der Waals surface area contributed by atoms with Crippen molar-refractivity contribution < 1.29 is 19.0 Å². The van der Waals surface area contributed by atoms with Gasteiger partial charge in [0.2, 0.25) is 0 Å². The van der Waals surface area contributed by atoms with Gasteiger partial charge in [-0.3, -0.25) is 14.2 Å². The van der Waals surface area contributed by atoms with Crippen molar-refractivity contribution in [2.45, 2.75) is 0 Å². The molecule has 0 radical (unpaired) electrons. The first-order chi connectivity index (χ1) is 16.0. The lowest BCUT2D eigenvalue weighted by molar-refractivity contribution is 0.102. The molecule has 0 saturated heterocycles. The number of benzene rings is 3. The van der Waals surface area contributed by atoms with E-state index >= 15 is 0 Å². The van der Waals surface area contributed by atoms with Crippen molar-refractivity contribution in [2.75, 3.05) is 26.6 Å². The van der Waals surface area contributed by atoms with Crippen LogP contribution in [0.1, 0.15) is 10.4 Å². The van der Waals surface area contributed by atoms with E-state index in [9.17, 15) is 9.59 Å². The number of fused-ring (bicyclic) bond motifs is 1. The molecule has 0 saturated carbocycles. The molecule has 1 amide bonds. The lowest BCUT2D eigenvalue weighted by atomic mass is 10.1. The van der Waals surface area contributed by atoms with Crippen LogP contribution in [0.3, 0.4) is 0 Å². The molecule has 4 rings (SSSR count). The molecule has 0 fully saturated rings. The molecular weight excluding hydrogens is 442 g/mol. The molecule has 33 heavy (non-hydrogen) atoms. The van der Waals surface area contributed by atoms with E-state index in [4.69, 9.17) is 26.4 Å². The number of amides is 1. The molecule has 0 aliphatic heterocycles. The number of methoxy groups -OCH3 is 3. The molecule has 0 unspecified atom stereocenters. The van der Waals surface area contributed by atoms with Gasteiger partial charge in [-0.25, -0.2) is 0 Å². The number of carbonyl (C=O) groups excluding carboxylic acids is 1. The van der Waals surface area contributed by atoms with E-state index in [1.807, 2.05) is 6.07 Å². The summed E-state index contributed by atoms with van der Waals surface area (Å²) in [5.74, 6) is 1.21. The van der Waals surface area contributed by atoms with Gasteiger partial charge in [-0.1, -0.05) is 12.1 Å². The molecule has 1 aromatic heterocycles. The summed E-state index contributed by atoms with van der Waals surface area (Å²) in [6.45, 7) is 0. The third-order valence-electron chi connectivity index (χ3n) is 5.14. The highest BCUT2D eigenvalue weighted by atomic mass is 32.1. The van der Waals surface area contributed by atoms with Gasteiger partial charge in [-0.2, -0.15) is 0 Å². The van der Waals surface area contributed by atoms with Crippen LogP contribution in [-0.4, -0.2) is 36.8 Å². The number of nitrogens with one attached hydrogen (secondary N) is 2. The molecular formula is C24H21N3O5S. The number of rotatable bonds is 6. The SMILES string of the molecule is COc1ccccc1NC(=O)c1ccc2c(=O)n(-c3ccc(OC)c(OC)c3)c(=S)[nH]c2c1. The number of aromatic amines is 1. The highest BCUT2D eigenvalue weighted by Crippen LogP contribution is 2.29.